The number of esters is 1. The maximum Gasteiger partial charge on any atom is 0.337 e. The molecule has 0 bridgehead atoms. The molecular formula is C25H22N4O10S. The lowest BCUT2D eigenvalue weighted by atomic mass is 9.97. The van der Waals surface area contributed by atoms with Crippen LogP contribution in [0, 0.1) is 20.2 Å². The van der Waals surface area contributed by atoms with Crippen LogP contribution in [0.1, 0.15) is 31.0 Å². The van der Waals surface area contributed by atoms with E-state index >= 15 is 0 Å². The smallest absolute Gasteiger partial charge is 0.337 e. The summed E-state index contributed by atoms with van der Waals surface area (Å²) in [6.07, 6.45) is 2.37. The molecule has 0 radical (unpaired) electrons. The number of phenols is 1. The predicted octanol–water partition coefficient (Wildman–Crippen LogP) is 2.34. The minimum atomic E-state index is -1.01. The highest BCUT2D eigenvalue weighted by atomic mass is 32.1. The number of carbonyl (C=O) groups is 1. The van der Waals surface area contributed by atoms with Crippen LogP contribution in [0.2, 0.25) is 0 Å². The molecule has 0 saturated carbocycles. The molecule has 1 aliphatic rings. The van der Waals surface area contributed by atoms with Crippen molar-refractivity contribution in [2.45, 2.75) is 19.9 Å². The van der Waals surface area contributed by atoms with Gasteiger partial charge in [0.25, 0.3) is 11.2 Å². The number of nitro benzene ring substituents is 2. The van der Waals surface area contributed by atoms with Gasteiger partial charge in [-0.2, -0.15) is 0 Å². The summed E-state index contributed by atoms with van der Waals surface area (Å²) in [5.41, 5.74) is -2.00. The Morgan fingerprint density at radius 2 is 1.82 bits per heavy atom. The van der Waals surface area contributed by atoms with Gasteiger partial charge in [0.05, 0.1) is 52.4 Å². The number of non-ortho nitro benzene ring substituents is 1. The van der Waals surface area contributed by atoms with E-state index in [0.717, 1.165) is 23.5 Å². The number of methoxy groups -OCH3 is 1. The number of benzene rings is 2. The van der Waals surface area contributed by atoms with Crippen LogP contribution in [0.4, 0.5) is 11.4 Å². The number of aromatic nitrogens is 1. The molecule has 0 amide bonds. The van der Waals surface area contributed by atoms with Crippen LogP contribution in [0.3, 0.4) is 0 Å². The standard InChI is InChI=1S/C25H22N4O10S/c1-4-38-18-7-6-13(9-19(18)39-5-2)21-16(24(32)37-3)12-26-25-27(21)23(31)20(40-25)10-14-8-15(28(33)34)11-17(22(14)30)29(35)36/h6-12,21,30H,4-5H2,1-3H3/b20-10-/t21-/m0/s1. The first-order valence-electron chi connectivity index (χ1n) is 11.8. The Labute approximate surface area is 229 Å². The summed E-state index contributed by atoms with van der Waals surface area (Å²) in [4.78, 5) is 51.6. The Balaban J connectivity index is 1.96. The fraction of sp³-hybridized carbons (Fsp3) is 0.240. The third kappa shape index (κ3) is 5.13. The summed E-state index contributed by atoms with van der Waals surface area (Å²) in [7, 11) is 1.19. The van der Waals surface area contributed by atoms with Gasteiger partial charge in [-0.3, -0.25) is 29.6 Å². The Hall–Kier alpha value is -5.05. The number of nitro groups is 2. The molecule has 1 aromatic heterocycles. The van der Waals surface area contributed by atoms with Crippen molar-refractivity contribution in [2.24, 2.45) is 4.99 Å². The zero-order valence-corrected chi connectivity index (χ0v) is 22.2. The minimum Gasteiger partial charge on any atom is -0.502 e. The summed E-state index contributed by atoms with van der Waals surface area (Å²) in [6.45, 7) is 4.31. The lowest BCUT2D eigenvalue weighted by molar-refractivity contribution is -0.394. The molecule has 1 atom stereocenters. The number of phenolic OH excluding ortho intramolecular Hbond substituents is 1. The van der Waals surface area contributed by atoms with Gasteiger partial charge in [-0.1, -0.05) is 17.4 Å². The second-order valence-electron chi connectivity index (χ2n) is 8.17. The highest BCUT2D eigenvalue weighted by Gasteiger charge is 2.32. The van der Waals surface area contributed by atoms with Crippen LogP contribution in [0.15, 0.2) is 51.9 Å². The van der Waals surface area contributed by atoms with E-state index in [1.54, 1.807) is 25.1 Å². The van der Waals surface area contributed by atoms with E-state index in [2.05, 4.69) is 4.99 Å². The van der Waals surface area contributed by atoms with E-state index in [1.165, 1.54) is 17.9 Å². The van der Waals surface area contributed by atoms with Crippen LogP contribution < -0.4 is 24.4 Å². The van der Waals surface area contributed by atoms with E-state index in [1.807, 2.05) is 6.92 Å². The number of ether oxygens (including phenoxy) is 3. The van der Waals surface area contributed by atoms with Crippen molar-refractivity contribution >= 4 is 34.8 Å². The molecule has 2 heterocycles. The average Bonchev–Trinajstić information content (AvgIpc) is 3.24. The molecule has 0 saturated heterocycles. The second-order valence-corrected chi connectivity index (χ2v) is 9.17. The largest absolute Gasteiger partial charge is 0.502 e. The molecule has 0 fully saturated rings. The number of carbonyl (C=O) groups excluding carboxylic acids is 1. The van der Waals surface area contributed by atoms with Gasteiger partial charge in [-0.15, -0.1) is 0 Å². The van der Waals surface area contributed by atoms with Gasteiger partial charge in [0.1, 0.15) is 0 Å². The molecule has 1 N–H and O–H groups in total. The van der Waals surface area contributed by atoms with Crippen LogP contribution in [-0.4, -0.2) is 45.8 Å². The fourth-order valence-corrected chi connectivity index (χ4v) is 5.07. The molecule has 15 heteroatoms. The maximum atomic E-state index is 13.7. The van der Waals surface area contributed by atoms with Gasteiger partial charge in [-0.05, 0) is 37.6 Å². The van der Waals surface area contributed by atoms with E-state index in [-0.39, 0.29) is 20.5 Å². The van der Waals surface area contributed by atoms with Gasteiger partial charge in [0, 0.05) is 17.8 Å². The number of rotatable bonds is 9. The Kier molecular flexibility index (Phi) is 7.95. The van der Waals surface area contributed by atoms with Crippen molar-refractivity contribution in [1.82, 2.24) is 4.57 Å². The first-order chi connectivity index (χ1) is 19.1. The number of nitrogens with zero attached hydrogens (tertiary/aromatic N) is 4. The molecule has 0 aliphatic carbocycles. The lowest BCUT2D eigenvalue weighted by Gasteiger charge is -2.23. The van der Waals surface area contributed by atoms with E-state index < -0.39 is 44.5 Å². The zero-order valence-electron chi connectivity index (χ0n) is 21.4. The van der Waals surface area contributed by atoms with Crippen molar-refractivity contribution in [3.63, 3.8) is 0 Å². The van der Waals surface area contributed by atoms with Crippen molar-refractivity contribution in [3.8, 4) is 17.2 Å². The molecule has 3 aromatic rings. The highest BCUT2D eigenvalue weighted by Crippen LogP contribution is 2.36. The SMILES string of the molecule is CCOc1ccc([C@H]2C(C(=O)OC)=CN=c3s/c(=C\c4cc([N+](=O)[O-])cc([N+](=O)[O-])c4O)c(=O)n32)cc1OCC. The van der Waals surface area contributed by atoms with Crippen LogP contribution in [0.25, 0.3) is 6.08 Å². The van der Waals surface area contributed by atoms with E-state index in [0.29, 0.717) is 36.3 Å². The summed E-state index contributed by atoms with van der Waals surface area (Å²) in [5, 5.41) is 33.1. The summed E-state index contributed by atoms with van der Waals surface area (Å²) in [5.74, 6) is -0.728. The topological polar surface area (TPSA) is 186 Å². The molecule has 40 heavy (non-hydrogen) atoms. The highest BCUT2D eigenvalue weighted by molar-refractivity contribution is 7.07. The molecule has 2 aromatic carbocycles. The first kappa shape index (κ1) is 28.0. The van der Waals surface area contributed by atoms with Gasteiger partial charge < -0.3 is 19.3 Å². The molecule has 4 rings (SSSR count). The van der Waals surface area contributed by atoms with E-state index in [9.17, 15) is 34.9 Å². The monoisotopic (exact) mass is 570 g/mol. The normalized spacial score (nSPS) is 14.5. The van der Waals surface area contributed by atoms with Crippen LogP contribution >= 0.6 is 11.3 Å². The minimum absolute atomic E-state index is 0.0434. The first-order valence-corrected chi connectivity index (χ1v) is 12.6. The molecule has 14 nitrogen and oxygen atoms in total. The molecule has 0 spiro atoms. The molecule has 208 valence electrons. The quantitative estimate of drug-likeness (QED) is 0.227. The van der Waals surface area contributed by atoms with Crippen molar-refractivity contribution in [2.75, 3.05) is 20.3 Å². The van der Waals surface area contributed by atoms with Crippen LogP contribution in [-0.2, 0) is 9.53 Å². The van der Waals surface area contributed by atoms with Gasteiger partial charge in [0.2, 0.25) is 5.75 Å². The number of thiazole rings is 1. The average molecular weight is 571 g/mol. The van der Waals surface area contributed by atoms with E-state index in [4.69, 9.17) is 14.2 Å². The molecule has 1 aliphatic heterocycles. The maximum absolute atomic E-state index is 13.7. The van der Waals surface area contributed by atoms with Crippen LogP contribution in [0.5, 0.6) is 17.2 Å². The van der Waals surface area contributed by atoms with Gasteiger partial charge in [0.15, 0.2) is 16.3 Å². The fourth-order valence-electron chi connectivity index (χ4n) is 4.11. The summed E-state index contributed by atoms with van der Waals surface area (Å²) in [6, 6.07) is 5.47. The van der Waals surface area contributed by atoms with Gasteiger partial charge in [-0.25, -0.2) is 9.79 Å². The number of fused-ring (bicyclic) bond motifs is 1. The van der Waals surface area contributed by atoms with Crippen molar-refractivity contribution in [3.05, 3.63) is 93.1 Å². The summed E-state index contributed by atoms with van der Waals surface area (Å²) < 4.78 is 17.4. The Morgan fingerprint density at radius 3 is 2.45 bits per heavy atom. The second kappa shape index (κ2) is 11.4. The Bertz CT molecular complexity index is 1740. The predicted molar refractivity (Wildman–Crippen MR) is 141 cm³/mol. The summed E-state index contributed by atoms with van der Waals surface area (Å²) >= 11 is 0.864. The number of hydrogen-bond acceptors (Lipinski definition) is 12. The van der Waals surface area contributed by atoms with Crippen molar-refractivity contribution < 1.29 is 34.0 Å². The number of aromatic hydroxyl groups is 1. The lowest BCUT2D eigenvalue weighted by Crippen LogP contribution is -2.39. The Morgan fingerprint density at radius 1 is 1.12 bits per heavy atom. The van der Waals surface area contributed by atoms with Gasteiger partial charge >= 0.3 is 11.7 Å². The molecule has 0 unspecified atom stereocenters. The number of hydrogen-bond donors (Lipinski definition) is 1. The third-order valence-electron chi connectivity index (χ3n) is 5.81. The van der Waals surface area contributed by atoms with Crippen molar-refractivity contribution in [1.29, 1.82) is 0 Å². The third-order valence-corrected chi connectivity index (χ3v) is 6.80. The molecular weight excluding hydrogens is 548 g/mol. The zero-order chi connectivity index (χ0) is 29.1.